The van der Waals surface area contributed by atoms with E-state index in [0.29, 0.717) is 17.6 Å². The third-order valence-electron chi connectivity index (χ3n) is 5.42. The predicted molar refractivity (Wildman–Crippen MR) is 120 cm³/mol. The molecular formula is C23H31N5O. The van der Waals surface area contributed by atoms with Crippen molar-refractivity contribution < 1.29 is 0 Å². The van der Waals surface area contributed by atoms with Crippen LogP contribution in [0.3, 0.4) is 0 Å². The first-order valence-corrected chi connectivity index (χ1v) is 10.5. The highest BCUT2D eigenvalue weighted by Gasteiger charge is 2.10. The largest absolute Gasteiger partial charge is 0.352 e. The van der Waals surface area contributed by atoms with Crippen LogP contribution in [0.4, 0.5) is 5.95 Å². The van der Waals surface area contributed by atoms with E-state index in [1.807, 2.05) is 37.4 Å². The Balaban J connectivity index is 1.70. The van der Waals surface area contributed by atoms with E-state index in [2.05, 4.69) is 45.9 Å². The van der Waals surface area contributed by atoms with Gasteiger partial charge in [-0.1, -0.05) is 19.9 Å². The number of hydrogen-bond donors (Lipinski definition) is 2. The lowest BCUT2D eigenvalue weighted by atomic mass is 10.0. The van der Waals surface area contributed by atoms with Crippen LogP contribution in [0.2, 0.25) is 0 Å². The minimum absolute atomic E-state index is 0.0814. The van der Waals surface area contributed by atoms with Crippen LogP contribution in [0.1, 0.15) is 39.2 Å². The van der Waals surface area contributed by atoms with E-state index in [0.717, 1.165) is 54.5 Å². The van der Waals surface area contributed by atoms with Crippen molar-refractivity contribution in [2.45, 2.75) is 46.6 Å². The highest BCUT2D eigenvalue weighted by atomic mass is 16.1. The number of benzene rings is 1. The summed E-state index contributed by atoms with van der Waals surface area (Å²) in [6.45, 7) is 11.8. The van der Waals surface area contributed by atoms with Crippen molar-refractivity contribution in [3.05, 3.63) is 52.6 Å². The zero-order chi connectivity index (χ0) is 20.8. The fraction of sp³-hybridized carbons (Fsp3) is 0.435. The lowest BCUT2D eigenvalue weighted by Gasteiger charge is -2.19. The Kier molecular flexibility index (Phi) is 6.99. The van der Waals surface area contributed by atoms with Gasteiger partial charge in [0.2, 0.25) is 5.95 Å². The molecule has 0 saturated carbocycles. The quantitative estimate of drug-likeness (QED) is 0.569. The second-order valence-electron chi connectivity index (χ2n) is 7.55. The molecule has 6 nitrogen and oxygen atoms in total. The molecule has 0 saturated heterocycles. The van der Waals surface area contributed by atoms with Crippen LogP contribution in [-0.2, 0) is 0 Å². The molecule has 6 heteroatoms. The Hall–Kier alpha value is -2.73. The molecule has 2 N–H and O–H groups in total. The minimum atomic E-state index is -0.0814. The fourth-order valence-corrected chi connectivity index (χ4v) is 3.65. The van der Waals surface area contributed by atoms with Gasteiger partial charge < -0.3 is 15.2 Å². The van der Waals surface area contributed by atoms with E-state index in [1.54, 1.807) is 6.20 Å². The van der Waals surface area contributed by atoms with Crippen molar-refractivity contribution in [1.29, 1.82) is 0 Å². The van der Waals surface area contributed by atoms with Gasteiger partial charge in [-0.3, -0.25) is 4.79 Å². The third-order valence-corrected chi connectivity index (χ3v) is 5.42. The number of fused-ring (bicyclic) bond motifs is 1. The van der Waals surface area contributed by atoms with Gasteiger partial charge in [0, 0.05) is 29.4 Å². The zero-order valence-electron chi connectivity index (χ0n) is 17.8. The maximum absolute atomic E-state index is 12.2. The lowest BCUT2D eigenvalue weighted by molar-refractivity contribution is 0.295. The first-order valence-electron chi connectivity index (χ1n) is 10.5. The van der Waals surface area contributed by atoms with Gasteiger partial charge in [0.15, 0.2) is 0 Å². The number of aromatic nitrogens is 3. The van der Waals surface area contributed by atoms with Crippen molar-refractivity contribution in [2.75, 3.05) is 25.0 Å². The van der Waals surface area contributed by atoms with Crippen LogP contribution in [0.15, 0.2) is 41.5 Å². The van der Waals surface area contributed by atoms with Gasteiger partial charge >= 0.3 is 0 Å². The number of rotatable bonds is 9. The molecule has 2 heterocycles. The summed E-state index contributed by atoms with van der Waals surface area (Å²) in [5.74, 6) is 0.648. The summed E-state index contributed by atoms with van der Waals surface area (Å²) < 4.78 is 0. The fourth-order valence-electron chi connectivity index (χ4n) is 3.65. The Morgan fingerprint density at radius 2 is 2.00 bits per heavy atom. The molecule has 0 fully saturated rings. The van der Waals surface area contributed by atoms with Gasteiger partial charge in [-0.25, -0.2) is 9.97 Å². The zero-order valence-corrected chi connectivity index (χ0v) is 17.8. The number of aryl methyl sites for hydroxylation is 1. The Morgan fingerprint density at radius 1 is 1.21 bits per heavy atom. The molecule has 0 amide bonds. The minimum Gasteiger partial charge on any atom is -0.352 e. The first kappa shape index (κ1) is 21.0. The second-order valence-corrected chi connectivity index (χ2v) is 7.55. The Morgan fingerprint density at radius 3 is 2.72 bits per heavy atom. The van der Waals surface area contributed by atoms with Crippen LogP contribution in [0.25, 0.3) is 22.0 Å². The first-order chi connectivity index (χ1) is 14.0. The molecule has 154 valence electrons. The molecule has 2 aromatic heterocycles. The molecule has 1 aromatic carbocycles. The van der Waals surface area contributed by atoms with E-state index >= 15 is 0 Å². The molecule has 3 rings (SSSR count). The SMILES string of the molecule is CCN(CC)CCC[C@@H](C)Nc1ncc2cc(-c3c(C)cc[nH]c3=O)ccc2n1. The molecule has 29 heavy (non-hydrogen) atoms. The number of pyridine rings is 1. The van der Waals surface area contributed by atoms with Crippen molar-refractivity contribution in [1.82, 2.24) is 19.9 Å². The van der Waals surface area contributed by atoms with Crippen molar-refractivity contribution in [3.63, 3.8) is 0 Å². The van der Waals surface area contributed by atoms with Crippen molar-refractivity contribution in [3.8, 4) is 11.1 Å². The normalized spacial score (nSPS) is 12.4. The smallest absolute Gasteiger partial charge is 0.256 e. The van der Waals surface area contributed by atoms with E-state index < -0.39 is 0 Å². The summed E-state index contributed by atoms with van der Waals surface area (Å²) in [4.78, 5) is 26.5. The van der Waals surface area contributed by atoms with Gasteiger partial charge in [-0.05, 0) is 75.6 Å². The maximum Gasteiger partial charge on any atom is 0.256 e. The molecule has 3 aromatic rings. The molecule has 0 bridgehead atoms. The maximum atomic E-state index is 12.2. The summed E-state index contributed by atoms with van der Waals surface area (Å²) in [6, 6.07) is 8.10. The highest BCUT2D eigenvalue weighted by Crippen LogP contribution is 2.23. The van der Waals surface area contributed by atoms with Gasteiger partial charge in [0.05, 0.1) is 5.52 Å². The van der Waals surface area contributed by atoms with Gasteiger partial charge in [-0.2, -0.15) is 0 Å². The highest BCUT2D eigenvalue weighted by molar-refractivity contribution is 5.85. The van der Waals surface area contributed by atoms with E-state index in [4.69, 9.17) is 0 Å². The van der Waals surface area contributed by atoms with Gasteiger partial charge in [-0.15, -0.1) is 0 Å². The van der Waals surface area contributed by atoms with Crippen LogP contribution in [0, 0.1) is 6.92 Å². The van der Waals surface area contributed by atoms with E-state index in [1.165, 1.54) is 0 Å². The summed E-state index contributed by atoms with van der Waals surface area (Å²) >= 11 is 0. The lowest BCUT2D eigenvalue weighted by Crippen LogP contribution is -2.25. The van der Waals surface area contributed by atoms with Crippen LogP contribution < -0.4 is 10.9 Å². The molecule has 0 spiro atoms. The number of hydrogen-bond acceptors (Lipinski definition) is 5. The molecular weight excluding hydrogens is 362 g/mol. The summed E-state index contributed by atoms with van der Waals surface area (Å²) in [7, 11) is 0. The van der Waals surface area contributed by atoms with Crippen LogP contribution in [0.5, 0.6) is 0 Å². The average molecular weight is 394 g/mol. The molecule has 0 aliphatic carbocycles. The number of H-pyrrole nitrogens is 1. The Bertz CT molecular complexity index is 1010. The molecule has 0 radical (unpaired) electrons. The predicted octanol–water partition coefficient (Wildman–Crippen LogP) is 4.22. The monoisotopic (exact) mass is 393 g/mol. The third kappa shape index (κ3) is 5.21. The van der Waals surface area contributed by atoms with E-state index in [9.17, 15) is 4.79 Å². The van der Waals surface area contributed by atoms with Gasteiger partial charge in [0.1, 0.15) is 0 Å². The summed E-state index contributed by atoms with van der Waals surface area (Å²) in [5.41, 5.74) is 3.31. The molecule has 0 unspecified atom stereocenters. The van der Waals surface area contributed by atoms with Gasteiger partial charge in [0.25, 0.3) is 5.56 Å². The summed E-state index contributed by atoms with van der Waals surface area (Å²) in [5, 5.41) is 4.33. The number of anilines is 1. The summed E-state index contributed by atoms with van der Waals surface area (Å²) in [6.07, 6.45) is 5.72. The average Bonchev–Trinajstić information content (AvgIpc) is 2.71. The second kappa shape index (κ2) is 9.65. The Labute approximate surface area is 172 Å². The standard InChI is InChI=1S/C23H31N5O/c1-5-28(6-2)13-7-8-17(4)26-23-25-15-19-14-18(9-10-20(19)27-23)21-16(3)11-12-24-22(21)29/h9-12,14-15,17H,5-8,13H2,1-4H3,(H,24,29)(H,25,26,27)/t17-/m1/s1. The van der Waals surface area contributed by atoms with Crippen molar-refractivity contribution >= 4 is 16.9 Å². The number of nitrogens with one attached hydrogen (secondary N) is 2. The van der Waals surface area contributed by atoms with E-state index in [-0.39, 0.29) is 5.56 Å². The topological polar surface area (TPSA) is 73.9 Å². The molecule has 1 atom stereocenters. The van der Waals surface area contributed by atoms with Crippen LogP contribution in [-0.4, -0.2) is 45.5 Å². The molecule has 0 aliphatic rings. The van der Waals surface area contributed by atoms with Crippen LogP contribution >= 0.6 is 0 Å². The molecule has 0 aliphatic heterocycles. The number of aromatic amines is 1. The number of nitrogens with zero attached hydrogens (tertiary/aromatic N) is 3. The van der Waals surface area contributed by atoms with Crippen molar-refractivity contribution in [2.24, 2.45) is 0 Å².